The van der Waals surface area contributed by atoms with Crippen LogP contribution in [-0.2, 0) is 9.59 Å². The number of carbonyl (C=O) groups excluding carboxylic acids is 2. The zero-order valence-corrected chi connectivity index (χ0v) is 14.5. The molecular weight excluding hydrogens is 324 g/mol. The van der Waals surface area contributed by atoms with Crippen molar-refractivity contribution in [2.45, 2.75) is 4.90 Å². The van der Waals surface area contributed by atoms with E-state index in [1.165, 1.54) is 16.7 Å². The molecule has 2 amide bonds. The van der Waals surface area contributed by atoms with Gasteiger partial charge >= 0.3 is 0 Å². The fourth-order valence-corrected chi connectivity index (χ4v) is 2.84. The maximum Gasteiger partial charge on any atom is 0.243 e. The number of likely N-dealkylation sites (N-methyl/N-ethyl adjacent to an activating group) is 1. The fraction of sp³-hybridized carbons (Fsp3) is 0.222. The molecule has 0 fully saturated rings. The summed E-state index contributed by atoms with van der Waals surface area (Å²) in [5.74, 6) is 0.623. The molecule has 0 heterocycles. The molecule has 2 rings (SSSR count). The second-order valence-corrected chi connectivity index (χ2v) is 6.18. The molecule has 0 radical (unpaired) electrons. The van der Waals surface area contributed by atoms with Gasteiger partial charge in [-0.2, -0.15) is 0 Å². The van der Waals surface area contributed by atoms with Crippen molar-refractivity contribution in [3.63, 3.8) is 0 Å². The van der Waals surface area contributed by atoms with Crippen LogP contribution in [0, 0.1) is 0 Å². The van der Waals surface area contributed by atoms with E-state index in [0.29, 0.717) is 17.2 Å². The quantitative estimate of drug-likeness (QED) is 0.785. The van der Waals surface area contributed by atoms with Gasteiger partial charge in [0.25, 0.3) is 0 Å². The molecule has 0 saturated carbocycles. The van der Waals surface area contributed by atoms with Crippen LogP contribution in [-0.4, -0.2) is 43.2 Å². The molecule has 0 bridgehead atoms. The molecule has 5 nitrogen and oxygen atoms in total. The lowest BCUT2D eigenvalue weighted by Gasteiger charge is -2.16. The van der Waals surface area contributed by atoms with Gasteiger partial charge in [-0.15, -0.1) is 11.8 Å². The standard InChI is InChI=1S/C18H20N2O3S/c1-20(18(22)13-24-16-9-4-3-5-10-16)12-17(21)19-14-7-6-8-15(11-14)23-2/h3-11H,12-13H2,1-2H3,(H,19,21). The van der Waals surface area contributed by atoms with Gasteiger partial charge in [0.1, 0.15) is 5.75 Å². The van der Waals surface area contributed by atoms with Crippen LogP contribution in [0.25, 0.3) is 0 Å². The van der Waals surface area contributed by atoms with E-state index in [4.69, 9.17) is 4.74 Å². The Balaban J connectivity index is 1.80. The Morgan fingerprint density at radius 2 is 1.88 bits per heavy atom. The van der Waals surface area contributed by atoms with E-state index in [0.717, 1.165) is 4.90 Å². The number of carbonyl (C=O) groups is 2. The Labute approximate surface area is 146 Å². The van der Waals surface area contributed by atoms with Crippen molar-refractivity contribution in [3.8, 4) is 5.75 Å². The van der Waals surface area contributed by atoms with Gasteiger partial charge < -0.3 is 15.0 Å². The number of nitrogens with zero attached hydrogens (tertiary/aromatic N) is 1. The summed E-state index contributed by atoms with van der Waals surface area (Å²) >= 11 is 1.45. The molecule has 0 aliphatic rings. The molecule has 1 N–H and O–H groups in total. The summed E-state index contributed by atoms with van der Waals surface area (Å²) in [7, 11) is 3.19. The minimum absolute atomic E-state index is 0.00535. The monoisotopic (exact) mass is 344 g/mol. The first-order chi connectivity index (χ1) is 11.6. The molecule has 2 aromatic carbocycles. The van der Waals surface area contributed by atoms with Gasteiger partial charge in [-0.05, 0) is 24.3 Å². The third-order valence-electron chi connectivity index (χ3n) is 3.27. The highest BCUT2D eigenvalue weighted by Gasteiger charge is 2.13. The second-order valence-electron chi connectivity index (χ2n) is 5.13. The van der Waals surface area contributed by atoms with Crippen molar-refractivity contribution in [2.75, 3.05) is 31.8 Å². The maximum absolute atomic E-state index is 12.1. The van der Waals surface area contributed by atoms with E-state index in [9.17, 15) is 9.59 Å². The zero-order chi connectivity index (χ0) is 17.4. The van der Waals surface area contributed by atoms with Crippen molar-refractivity contribution in [1.29, 1.82) is 0 Å². The highest BCUT2D eigenvalue weighted by atomic mass is 32.2. The lowest BCUT2D eigenvalue weighted by atomic mass is 10.3. The number of ether oxygens (including phenoxy) is 1. The van der Waals surface area contributed by atoms with Gasteiger partial charge in [0.2, 0.25) is 11.8 Å². The van der Waals surface area contributed by atoms with Crippen molar-refractivity contribution >= 4 is 29.3 Å². The highest BCUT2D eigenvalue weighted by molar-refractivity contribution is 8.00. The van der Waals surface area contributed by atoms with Crippen LogP contribution >= 0.6 is 11.8 Å². The van der Waals surface area contributed by atoms with Crippen molar-refractivity contribution in [2.24, 2.45) is 0 Å². The first-order valence-electron chi connectivity index (χ1n) is 7.44. The van der Waals surface area contributed by atoms with E-state index < -0.39 is 0 Å². The molecule has 0 aromatic heterocycles. The summed E-state index contributed by atoms with van der Waals surface area (Å²) in [5.41, 5.74) is 0.638. The van der Waals surface area contributed by atoms with E-state index in [1.54, 1.807) is 38.4 Å². The average molecular weight is 344 g/mol. The van der Waals surface area contributed by atoms with Gasteiger partial charge in [-0.1, -0.05) is 24.3 Å². The van der Waals surface area contributed by atoms with Gasteiger partial charge in [0, 0.05) is 23.7 Å². The molecule has 2 aromatic rings. The molecule has 0 atom stereocenters. The first kappa shape index (κ1) is 17.9. The molecular formula is C18H20N2O3S. The number of rotatable bonds is 7. The minimum atomic E-state index is -0.246. The third-order valence-corrected chi connectivity index (χ3v) is 4.26. The van der Waals surface area contributed by atoms with Gasteiger partial charge in [0.15, 0.2) is 0 Å². The number of benzene rings is 2. The molecule has 0 aliphatic heterocycles. The number of hydrogen-bond donors (Lipinski definition) is 1. The molecule has 126 valence electrons. The Kier molecular flexibility index (Phi) is 6.69. The SMILES string of the molecule is COc1cccc(NC(=O)CN(C)C(=O)CSc2ccccc2)c1. The van der Waals surface area contributed by atoms with Crippen molar-refractivity contribution in [3.05, 3.63) is 54.6 Å². The topological polar surface area (TPSA) is 58.6 Å². The van der Waals surface area contributed by atoms with Crippen LogP contribution in [0.2, 0.25) is 0 Å². The predicted octanol–water partition coefficient (Wildman–Crippen LogP) is 2.88. The number of amides is 2. The summed E-state index contributed by atoms with van der Waals surface area (Å²) in [5, 5.41) is 2.76. The van der Waals surface area contributed by atoms with Crippen LogP contribution in [0.1, 0.15) is 0 Å². The van der Waals surface area contributed by atoms with Crippen molar-refractivity contribution in [1.82, 2.24) is 4.90 Å². The maximum atomic E-state index is 12.1. The van der Waals surface area contributed by atoms with E-state index in [2.05, 4.69) is 5.32 Å². The van der Waals surface area contributed by atoms with Crippen LogP contribution in [0.3, 0.4) is 0 Å². The lowest BCUT2D eigenvalue weighted by Crippen LogP contribution is -2.35. The highest BCUT2D eigenvalue weighted by Crippen LogP contribution is 2.18. The van der Waals surface area contributed by atoms with Crippen LogP contribution in [0.4, 0.5) is 5.69 Å². The number of thioether (sulfide) groups is 1. The first-order valence-corrected chi connectivity index (χ1v) is 8.43. The summed E-state index contributed by atoms with van der Waals surface area (Å²) in [6, 6.07) is 16.8. The number of nitrogens with one attached hydrogen (secondary N) is 1. The fourth-order valence-electron chi connectivity index (χ4n) is 1.98. The lowest BCUT2D eigenvalue weighted by molar-refractivity contribution is -0.131. The Bertz CT molecular complexity index is 692. The summed E-state index contributed by atoms with van der Waals surface area (Å²) in [6.45, 7) is 0.00535. The number of hydrogen-bond acceptors (Lipinski definition) is 4. The van der Waals surface area contributed by atoms with E-state index in [1.807, 2.05) is 30.3 Å². The van der Waals surface area contributed by atoms with Gasteiger partial charge in [0.05, 0.1) is 19.4 Å². The van der Waals surface area contributed by atoms with E-state index in [-0.39, 0.29) is 18.4 Å². The molecule has 0 aliphatic carbocycles. The van der Waals surface area contributed by atoms with Gasteiger partial charge in [-0.25, -0.2) is 0 Å². The Hall–Kier alpha value is -2.47. The number of anilines is 1. The van der Waals surface area contributed by atoms with Gasteiger partial charge in [-0.3, -0.25) is 9.59 Å². The zero-order valence-electron chi connectivity index (χ0n) is 13.7. The Morgan fingerprint density at radius 1 is 1.12 bits per heavy atom. The smallest absolute Gasteiger partial charge is 0.243 e. The Morgan fingerprint density at radius 3 is 2.58 bits per heavy atom. The van der Waals surface area contributed by atoms with E-state index >= 15 is 0 Å². The average Bonchev–Trinajstić information content (AvgIpc) is 2.60. The van der Waals surface area contributed by atoms with Crippen LogP contribution in [0.5, 0.6) is 5.75 Å². The number of methoxy groups -OCH3 is 1. The minimum Gasteiger partial charge on any atom is -0.497 e. The van der Waals surface area contributed by atoms with Crippen molar-refractivity contribution < 1.29 is 14.3 Å². The third kappa shape index (κ3) is 5.62. The summed E-state index contributed by atoms with van der Waals surface area (Å²) in [6.07, 6.45) is 0. The summed E-state index contributed by atoms with van der Waals surface area (Å²) < 4.78 is 5.11. The summed E-state index contributed by atoms with van der Waals surface area (Å²) in [4.78, 5) is 26.6. The molecule has 0 saturated heterocycles. The molecule has 0 unspecified atom stereocenters. The largest absolute Gasteiger partial charge is 0.497 e. The molecule has 24 heavy (non-hydrogen) atoms. The second kappa shape index (κ2) is 8.98. The predicted molar refractivity (Wildman–Crippen MR) is 96.4 cm³/mol. The van der Waals surface area contributed by atoms with Crippen LogP contribution < -0.4 is 10.1 Å². The van der Waals surface area contributed by atoms with Crippen LogP contribution in [0.15, 0.2) is 59.5 Å². The normalized spacial score (nSPS) is 10.1. The molecule has 0 spiro atoms. The molecule has 6 heteroatoms.